The molecule has 0 unspecified atom stereocenters. The van der Waals surface area contributed by atoms with Gasteiger partial charge in [-0.15, -0.1) is 10.2 Å². The Morgan fingerprint density at radius 3 is 2.69 bits per heavy atom. The van der Waals surface area contributed by atoms with Gasteiger partial charge in [-0.3, -0.25) is 9.36 Å². The summed E-state index contributed by atoms with van der Waals surface area (Å²) < 4.78 is 8.63. The van der Waals surface area contributed by atoms with Gasteiger partial charge in [-0.2, -0.15) is 0 Å². The van der Waals surface area contributed by atoms with Crippen LogP contribution in [0.15, 0.2) is 64.2 Å². The van der Waals surface area contributed by atoms with Gasteiger partial charge in [0.2, 0.25) is 0 Å². The monoisotopic (exact) mass is 433 g/mol. The molecule has 0 atom stereocenters. The van der Waals surface area contributed by atoms with Crippen molar-refractivity contribution in [1.82, 2.24) is 14.8 Å². The average Bonchev–Trinajstić information content (AvgIpc) is 3.01. The molecule has 26 heavy (non-hydrogen) atoms. The Balaban J connectivity index is 1.80. The van der Waals surface area contributed by atoms with Crippen molar-refractivity contribution in [2.75, 3.05) is 5.75 Å². The smallest absolute Gasteiger partial charge is 0.313 e. The molecule has 0 aliphatic heterocycles. The van der Waals surface area contributed by atoms with E-state index in [1.54, 1.807) is 0 Å². The van der Waals surface area contributed by atoms with E-state index in [0.29, 0.717) is 23.3 Å². The van der Waals surface area contributed by atoms with Gasteiger partial charge in [-0.05, 0) is 23.8 Å². The van der Waals surface area contributed by atoms with Crippen molar-refractivity contribution in [2.45, 2.75) is 18.3 Å². The highest BCUT2D eigenvalue weighted by Gasteiger charge is 2.15. The Labute approximate surface area is 163 Å². The van der Waals surface area contributed by atoms with E-state index in [0.717, 1.165) is 21.8 Å². The second kappa shape index (κ2) is 8.86. The van der Waals surface area contributed by atoms with Crippen molar-refractivity contribution >= 4 is 33.7 Å². The fourth-order valence-electron chi connectivity index (χ4n) is 2.29. The molecule has 0 saturated carbocycles. The fraction of sp³-hybridized carbons (Fsp3) is 0.167. The number of rotatable bonds is 8. The molecule has 1 aromatic heterocycles. The van der Waals surface area contributed by atoms with Crippen LogP contribution in [0.25, 0.3) is 0 Å². The first-order chi connectivity index (χ1) is 12.6. The number of carbonyl (C=O) groups is 1. The van der Waals surface area contributed by atoms with Crippen LogP contribution in [0.2, 0.25) is 0 Å². The standard InChI is InChI=1S/C18H16BrN3O3S/c19-14-7-4-8-15(9-14)25-11-16-20-21-18(26-12-17(23)24)22(16)10-13-5-2-1-3-6-13/h1-9H,10-12H2,(H,23,24). The predicted octanol–water partition coefficient (Wildman–Crippen LogP) is 3.84. The number of halogens is 1. The molecule has 3 aromatic rings. The maximum atomic E-state index is 10.9. The minimum Gasteiger partial charge on any atom is -0.486 e. The van der Waals surface area contributed by atoms with Gasteiger partial charge in [0, 0.05) is 4.47 Å². The van der Waals surface area contributed by atoms with E-state index in [2.05, 4.69) is 26.1 Å². The predicted molar refractivity (Wildman–Crippen MR) is 102 cm³/mol. The molecule has 134 valence electrons. The summed E-state index contributed by atoms with van der Waals surface area (Å²) in [5, 5.41) is 17.8. The Morgan fingerprint density at radius 2 is 1.96 bits per heavy atom. The Hall–Kier alpha value is -2.32. The third kappa shape index (κ3) is 5.09. The average molecular weight is 434 g/mol. The number of carboxylic acids is 1. The molecule has 6 nitrogen and oxygen atoms in total. The second-order valence-electron chi connectivity index (χ2n) is 5.40. The third-order valence-corrected chi connectivity index (χ3v) is 4.91. The zero-order valence-electron chi connectivity index (χ0n) is 13.7. The lowest BCUT2D eigenvalue weighted by Crippen LogP contribution is -2.10. The number of ether oxygens (including phenoxy) is 1. The Kier molecular flexibility index (Phi) is 6.30. The summed E-state index contributed by atoms with van der Waals surface area (Å²) in [5.74, 6) is 0.394. The van der Waals surface area contributed by atoms with Crippen molar-refractivity contribution < 1.29 is 14.6 Å². The summed E-state index contributed by atoms with van der Waals surface area (Å²) in [4.78, 5) is 10.9. The minimum absolute atomic E-state index is 0.0700. The first kappa shape index (κ1) is 18.5. The zero-order chi connectivity index (χ0) is 18.4. The van der Waals surface area contributed by atoms with Crippen LogP contribution >= 0.6 is 27.7 Å². The number of aromatic nitrogens is 3. The van der Waals surface area contributed by atoms with Crippen molar-refractivity contribution in [1.29, 1.82) is 0 Å². The number of hydrogen-bond donors (Lipinski definition) is 1. The molecule has 0 amide bonds. The Morgan fingerprint density at radius 1 is 1.15 bits per heavy atom. The number of benzene rings is 2. The van der Waals surface area contributed by atoms with Crippen LogP contribution in [0.3, 0.4) is 0 Å². The molecule has 0 fully saturated rings. The largest absolute Gasteiger partial charge is 0.486 e. The maximum Gasteiger partial charge on any atom is 0.313 e. The molecule has 2 aromatic carbocycles. The quantitative estimate of drug-likeness (QED) is 0.543. The van der Waals surface area contributed by atoms with Crippen LogP contribution in [-0.4, -0.2) is 31.6 Å². The number of nitrogens with zero attached hydrogens (tertiary/aromatic N) is 3. The van der Waals surface area contributed by atoms with E-state index < -0.39 is 5.97 Å². The van der Waals surface area contributed by atoms with Gasteiger partial charge in [-0.1, -0.05) is 64.1 Å². The number of carboxylic acid groups (broad SMARTS) is 1. The van der Waals surface area contributed by atoms with Crippen LogP contribution in [0, 0.1) is 0 Å². The SMILES string of the molecule is O=C(O)CSc1nnc(COc2cccc(Br)c2)n1Cc1ccccc1. The van der Waals surface area contributed by atoms with Gasteiger partial charge in [0.15, 0.2) is 11.0 Å². The molecule has 0 spiro atoms. The third-order valence-electron chi connectivity index (χ3n) is 3.47. The van der Waals surface area contributed by atoms with Gasteiger partial charge in [0.05, 0.1) is 12.3 Å². The van der Waals surface area contributed by atoms with E-state index in [4.69, 9.17) is 9.84 Å². The van der Waals surface area contributed by atoms with Crippen LogP contribution < -0.4 is 4.74 Å². The van der Waals surface area contributed by atoms with Gasteiger partial charge >= 0.3 is 5.97 Å². The van der Waals surface area contributed by atoms with Crippen molar-refractivity contribution in [2.24, 2.45) is 0 Å². The van der Waals surface area contributed by atoms with Crippen LogP contribution in [-0.2, 0) is 17.9 Å². The van der Waals surface area contributed by atoms with Crippen LogP contribution in [0.1, 0.15) is 11.4 Å². The van der Waals surface area contributed by atoms with E-state index in [9.17, 15) is 4.79 Å². The summed E-state index contributed by atoms with van der Waals surface area (Å²) in [6.07, 6.45) is 0. The van der Waals surface area contributed by atoms with Gasteiger partial charge in [-0.25, -0.2) is 0 Å². The molecular weight excluding hydrogens is 418 g/mol. The highest BCUT2D eigenvalue weighted by molar-refractivity contribution is 9.10. The lowest BCUT2D eigenvalue weighted by Gasteiger charge is -2.11. The molecule has 1 N–H and O–H groups in total. The van der Waals surface area contributed by atoms with Crippen LogP contribution in [0.4, 0.5) is 0 Å². The topological polar surface area (TPSA) is 77.2 Å². The molecule has 0 radical (unpaired) electrons. The van der Waals surface area contributed by atoms with Gasteiger partial charge < -0.3 is 9.84 Å². The normalized spacial score (nSPS) is 10.7. The minimum atomic E-state index is -0.892. The second-order valence-corrected chi connectivity index (χ2v) is 7.26. The first-order valence-corrected chi connectivity index (χ1v) is 9.58. The Bertz CT molecular complexity index is 886. The van der Waals surface area contributed by atoms with Crippen molar-refractivity contribution in [3.8, 4) is 5.75 Å². The molecule has 0 aliphatic rings. The summed E-state index contributed by atoms with van der Waals surface area (Å²) >= 11 is 4.56. The molecule has 8 heteroatoms. The van der Waals surface area contributed by atoms with E-state index >= 15 is 0 Å². The van der Waals surface area contributed by atoms with Crippen LogP contribution in [0.5, 0.6) is 5.75 Å². The molecule has 0 aliphatic carbocycles. The highest BCUT2D eigenvalue weighted by atomic mass is 79.9. The lowest BCUT2D eigenvalue weighted by molar-refractivity contribution is -0.133. The summed E-state index contributed by atoms with van der Waals surface area (Å²) in [5.41, 5.74) is 1.08. The van der Waals surface area contributed by atoms with Crippen molar-refractivity contribution in [3.63, 3.8) is 0 Å². The highest BCUT2D eigenvalue weighted by Crippen LogP contribution is 2.21. The first-order valence-electron chi connectivity index (χ1n) is 7.81. The number of aliphatic carboxylic acids is 1. The molecule has 3 rings (SSSR count). The molecule has 0 saturated heterocycles. The number of thioether (sulfide) groups is 1. The van der Waals surface area contributed by atoms with Gasteiger partial charge in [0.25, 0.3) is 0 Å². The summed E-state index contributed by atoms with van der Waals surface area (Å²) in [7, 11) is 0. The number of hydrogen-bond acceptors (Lipinski definition) is 5. The lowest BCUT2D eigenvalue weighted by atomic mass is 10.2. The molecular formula is C18H16BrN3O3S. The van der Waals surface area contributed by atoms with E-state index in [-0.39, 0.29) is 12.4 Å². The molecule has 0 bridgehead atoms. The van der Waals surface area contributed by atoms with E-state index in [1.165, 1.54) is 0 Å². The zero-order valence-corrected chi connectivity index (χ0v) is 16.1. The molecule has 1 heterocycles. The summed E-state index contributed by atoms with van der Waals surface area (Å²) in [6.45, 7) is 0.789. The maximum absolute atomic E-state index is 10.9. The summed E-state index contributed by atoms with van der Waals surface area (Å²) in [6, 6.07) is 17.4. The van der Waals surface area contributed by atoms with Crippen molar-refractivity contribution in [3.05, 3.63) is 70.5 Å². The van der Waals surface area contributed by atoms with E-state index in [1.807, 2.05) is 59.2 Å². The fourth-order valence-corrected chi connectivity index (χ4v) is 3.34. The van der Waals surface area contributed by atoms with Gasteiger partial charge in [0.1, 0.15) is 12.4 Å².